The molecule has 1 amide bonds. The Kier molecular flexibility index (Phi) is 5.35. The first-order valence-corrected chi connectivity index (χ1v) is 6.47. The Morgan fingerprint density at radius 2 is 1.72 bits per heavy atom. The van der Waals surface area contributed by atoms with Gasteiger partial charge in [-0.3, -0.25) is 4.79 Å². The van der Waals surface area contributed by atoms with Crippen LogP contribution in [-0.4, -0.2) is 23.7 Å². The van der Waals surface area contributed by atoms with Crippen molar-refractivity contribution in [1.82, 2.24) is 5.32 Å². The van der Waals surface area contributed by atoms with Crippen molar-refractivity contribution in [3.8, 4) is 0 Å². The minimum absolute atomic E-state index is 0.0342. The Balaban J connectivity index is 2.72. The van der Waals surface area contributed by atoms with E-state index in [1.807, 2.05) is 38.1 Å². The lowest BCUT2D eigenvalue weighted by atomic mass is 10.0. The number of amides is 1. The van der Waals surface area contributed by atoms with Crippen molar-refractivity contribution >= 4 is 5.91 Å². The Labute approximate surface area is 109 Å². The summed E-state index contributed by atoms with van der Waals surface area (Å²) in [6.45, 7) is 8.16. The number of benzene rings is 1. The van der Waals surface area contributed by atoms with Gasteiger partial charge in [0.1, 0.15) is 0 Å². The van der Waals surface area contributed by atoms with Crippen LogP contribution in [0.5, 0.6) is 0 Å². The third-order valence-corrected chi connectivity index (χ3v) is 3.16. The van der Waals surface area contributed by atoms with Gasteiger partial charge in [0.15, 0.2) is 0 Å². The zero-order valence-electron chi connectivity index (χ0n) is 11.6. The highest BCUT2D eigenvalue weighted by molar-refractivity contribution is 5.94. The molecule has 2 N–H and O–H groups in total. The van der Waals surface area contributed by atoms with E-state index in [1.54, 1.807) is 0 Å². The number of rotatable bonds is 5. The van der Waals surface area contributed by atoms with Gasteiger partial charge >= 0.3 is 0 Å². The molecule has 0 aliphatic carbocycles. The van der Waals surface area contributed by atoms with Gasteiger partial charge in [0, 0.05) is 5.56 Å². The summed E-state index contributed by atoms with van der Waals surface area (Å²) in [7, 11) is 0. The summed E-state index contributed by atoms with van der Waals surface area (Å²) < 4.78 is 0. The number of nitrogens with one attached hydrogen (secondary N) is 1. The van der Waals surface area contributed by atoms with Gasteiger partial charge in [0.2, 0.25) is 0 Å². The molecule has 0 saturated carbocycles. The van der Waals surface area contributed by atoms with Crippen molar-refractivity contribution in [2.24, 2.45) is 5.92 Å². The highest BCUT2D eigenvalue weighted by Crippen LogP contribution is 2.15. The predicted octanol–water partition coefficient (Wildman–Crippen LogP) is 2.56. The number of aliphatic hydroxyl groups excluding tert-OH is 1. The van der Waals surface area contributed by atoms with Gasteiger partial charge in [-0.05, 0) is 29.5 Å². The molecule has 0 bridgehead atoms. The quantitative estimate of drug-likeness (QED) is 0.842. The van der Waals surface area contributed by atoms with Gasteiger partial charge in [-0.25, -0.2) is 0 Å². The molecule has 1 aromatic carbocycles. The summed E-state index contributed by atoms with van der Waals surface area (Å²) in [5.74, 6) is 0.551. The summed E-state index contributed by atoms with van der Waals surface area (Å²) in [5, 5.41) is 12.0. The smallest absolute Gasteiger partial charge is 0.251 e. The van der Waals surface area contributed by atoms with Crippen LogP contribution in [0.2, 0.25) is 0 Å². The maximum atomic E-state index is 12.0. The van der Waals surface area contributed by atoms with Gasteiger partial charge in [-0.2, -0.15) is 0 Å². The number of hydrogen-bond acceptors (Lipinski definition) is 2. The maximum absolute atomic E-state index is 12.0. The van der Waals surface area contributed by atoms with Crippen LogP contribution in [0.25, 0.3) is 0 Å². The fourth-order valence-corrected chi connectivity index (χ4v) is 1.69. The second kappa shape index (κ2) is 6.55. The van der Waals surface area contributed by atoms with E-state index >= 15 is 0 Å². The van der Waals surface area contributed by atoms with Crippen molar-refractivity contribution in [2.45, 2.75) is 39.7 Å². The molecule has 18 heavy (non-hydrogen) atoms. The second-order valence-corrected chi connectivity index (χ2v) is 5.28. The molecule has 0 heterocycles. The van der Waals surface area contributed by atoms with Gasteiger partial charge < -0.3 is 10.4 Å². The molecule has 1 unspecified atom stereocenters. The van der Waals surface area contributed by atoms with Gasteiger partial charge in [0.05, 0.1) is 12.6 Å². The molecule has 0 aromatic heterocycles. The molecule has 100 valence electrons. The zero-order valence-corrected chi connectivity index (χ0v) is 11.6. The molecule has 0 aliphatic heterocycles. The normalized spacial score (nSPS) is 12.8. The summed E-state index contributed by atoms with van der Waals surface area (Å²) in [4.78, 5) is 12.0. The average molecular weight is 249 g/mol. The van der Waals surface area contributed by atoms with Crippen molar-refractivity contribution in [2.75, 3.05) is 6.61 Å². The molecule has 0 saturated heterocycles. The second-order valence-electron chi connectivity index (χ2n) is 5.28. The molecular formula is C15H23NO2. The summed E-state index contributed by atoms with van der Waals surface area (Å²) in [5.41, 5.74) is 1.85. The minimum atomic E-state index is -0.192. The lowest BCUT2D eigenvalue weighted by Gasteiger charge is -2.20. The molecule has 0 aliphatic rings. The lowest BCUT2D eigenvalue weighted by Crippen LogP contribution is -2.41. The topological polar surface area (TPSA) is 49.3 Å². The van der Waals surface area contributed by atoms with E-state index < -0.39 is 0 Å². The first kappa shape index (κ1) is 14.7. The molecule has 3 heteroatoms. The average Bonchev–Trinajstić information content (AvgIpc) is 2.35. The van der Waals surface area contributed by atoms with Crippen LogP contribution in [-0.2, 0) is 0 Å². The molecule has 0 spiro atoms. The zero-order chi connectivity index (χ0) is 13.7. The Morgan fingerprint density at radius 3 is 2.11 bits per heavy atom. The van der Waals surface area contributed by atoms with Gasteiger partial charge in [-0.15, -0.1) is 0 Å². The largest absolute Gasteiger partial charge is 0.394 e. The predicted molar refractivity (Wildman–Crippen MR) is 73.7 cm³/mol. The van der Waals surface area contributed by atoms with Gasteiger partial charge in [-0.1, -0.05) is 39.8 Å². The van der Waals surface area contributed by atoms with Crippen LogP contribution in [0.15, 0.2) is 24.3 Å². The van der Waals surface area contributed by atoms with Crippen molar-refractivity contribution < 1.29 is 9.90 Å². The first-order chi connectivity index (χ1) is 8.45. The van der Waals surface area contributed by atoms with E-state index in [0.717, 1.165) is 0 Å². The number of hydrogen-bond donors (Lipinski definition) is 2. The first-order valence-electron chi connectivity index (χ1n) is 6.47. The van der Waals surface area contributed by atoms with E-state index in [2.05, 4.69) is 19.2 Å². The molecule has 1 rings (SSSR count). The molecule has 0 fully saturated rings. The molecule has 3 nitrogen and oxygen atoms in total. The van der Waals surface area contributed by atoms with Gasteiger partial charge in [0.25, 0.3) is 5.91 Å². The number of aliphatic hydroxyl groups is 1. The van der Waals surface area contributed by atoms with E-state index in [0.29, 0.717) is 11.5 Å². The lowest BCUT2D eigenvalue weighted by molar-refractivity contribution is 0.0897. The minimum Gasteiger partial charge on any atom is -0.394 e. The van der Waals surface area contributed by atoms with Crippen molar-refractivity contribution in [3.05, 3.63) is 35.4 Å². The van der Waals surface area contributed by atoms with E-state index in [9.17, 15) is 9.90 Å². The Bertz CT molecular complexity index is 382. The Morgan fingerprint density at radius 1 is 1.17 bits per heavy atom. The van der Waals surface area contributed by atoms with E-state index in [4.69, 9.17) is 0 Å². The highest BCUT2D eigenvalue weighted by atomic mass is 16.3. The standard InChI is InChI=1S/C15H23NO2/c1-10(2)12-5-7-13(8-6-12)15(18)16-14(9-17)11(3)4/h5-8,10-11,14,17H,9H2,1-4H3,(H,16,18). The molecule has 0 radical (unpaired) electrons. The monoisotopic (exact) mass is 249 g/mol. The van der Waals surface area contributed by atoms with Crippen LogP contribution in [0, 0.1) is 5.92 Å². The number of carbonyl (C=O) groups excluding carboxylic acids is 1. The molecular weight excluding hydrogens is 226 g/mol. The van der Waals surface area contributed by atoms with Crippen molar-refractivity contribution in [3.63, 3.8) is 0 Å². The molecule has 1 aromatic rings. The Hall–Kier alpha value is -1.35. The van der Waals surface area contributed by atoms with E-state index in [-0.39, 0.29) is 24.5 Å². The van der Waals surface area contributed by atoms with E-state index in [1.165, 1.54) is 5.56 Å². The van der Waals surface area contributed by atoms with Crippen molar-refractivity contribution in [1.29, 1.82) is 0 Å². The molecule has 1 atom stereocenters. The van der Waals surface area contributed by atoms with Crippen LogP contribution in [0.1, 0.15) is 49.5 Å². The van der Waals surface area contributed by atoms with Crippen LogP contribution >= 0.6 is 0 Å². The highest BCUT2D eigenvalue weighted by Gasteiger charge is 2.16. The van der Waals surface area contributed by atoms with Crippen LogP contribution in [0.3, 0.4) is 0 Å². The third-order valence-electron chi connectivity index (χ3n) is 3.16. The maximum Gasteiger partial charge on any atom is 0.251 e. The summed E-state index contributed by atoms with van der Waals surface area (Å²) in [6, 6.07) is 7.42. The number of carbonyl (C=O) groups is 1. The van der Waals surface area contributed by atoms with Crippen LogP contribution < -0.4 is 5.32 Å². The fraction of sp³-hybridized carbons (Fsp3) is 0.533. The third kappa shape index (κ3) is 3.84. The summed E-state index contributed by atoms with van der Waals surface area (Å²) in [6.07, 6.45) is 0. The fourth-order valence-electron chi connectivity index (χ4n) is 1.69. The van der Waals surface area contributed by atoms with Crippen LogP contribution in [0.4, 0.5) is 0 Å². The SMILES string of the molecule is CC(C)c1ccc(C(=O)NC(CO)C(C)C)cc1. The summed E-state index contributed by atoms with van der Waals surface area (Å²) >= 11 is 0.